The van der Waals surface area contributed by atoms with E-state index < -0.39 is 21.8 Å². The van der Waals surface area contributed by atoms with Crippen molar-refractivity contribution in [1.82, 2.24) is 4.98 Å². The van der Waals surface area contributed by atoms with Crippen LogP contribution in [0.5, 0.6) is 0 Å². The molecule has 0 spiro atoms. The molecule has 1 heterocycles. The Kier molecular flexibility index (Phi) is 3.77. The first-order valence-electron chi connectivity index (χ1n) is 6.29. The molecule has 0 atom stereocenters. The number of alkyl halides is 3. The fourth-order valence-electron chi connectivity index (χ4n) is 1.98. The van der Waals surface area contributed by atoms with Gasteiger partial charge in [-0.15, -0.1) is 11.3 Å². The summed E-state index contributed by atoms with van der Waals surface area (Å²) in [6.45, 7) is 0. The van der Waals surface area contributed by atoms with Crippen LogP contribution in [0.1, 0.15) is 5.56 Å². The second-order valence-corrected chi connectivity index (χ2v) is 7.23. The molecule has 0 fully saturated rings. The highest BCUT2D eigenvalue weighted by Crippen LogP contribution is 2.31. The Balaban J connectivity index is 1.94. The van der Waals surface area contributed by atoms with Crippen LogP contribution >= 0.6 is 11.3 Å². The van der Waals surface area contributed by atoms with E-state index in [2.05, 4.69) is 9.71 Å². The predicted octanol–water partition coefficient (Wildman–Crippen LogP) is 4.12. The van der Waals surface area contributed by atoms with Crippen molar-refractivity contribution in [2.24, 2.45) is 0 Å². The van der Waals surface area contributed by atoms with Crippen molar-refractivity contribution in [3.8, 4) is 0 Å². The highest BCUT2D eigenvalue weighted by molar-refractivity contribution is 7.92. The van der Waals surface area contributed by atoms with E-state index in [1.54, 1.807) is 11.6 Å². The lowest BCUT2D eigenvalue weighted by Crippen LogP contribution is -2.14. The number of nitrogens with one attached hydrogen (secondary N) is 1. The maximum atomic E-state index is 12.7. The van der Waals surface area contributed by atoms with Gasteiger partial charge in [0.1, 0.15) is 0 Å². The van der Waals surface area contributed by atoms with Gasteiger partial charge in [0, 0.05) is 5.69 Å². The molecule has 2 aromatic carbocycles. The highest BCUT2D eigenvalue weighted by atomic mass is 32.2. The molecule has 0 saturated heterocycles. The number of fused-ring (bicyclic) bond motifs is 1. The maximum Gasteiger partial charge on any atom is 0.416 e. The number of sulfonamides is 1. The van der Waals surface area contributed by atoms with E-state index >= 15 is 0 Å². The summed E-state index contributed by atoms with van der Waals surface area (Å²) in [6.07, 6.45) is -4.54. The molecule has 0 radical (unpaired) electrons. The number of rotatable bonds is 3. The minimum atomic E-state index is -4.54. The highest BCUT2D eigenvalue weighted by Gasteiger charge is 2.30. The zero-order valence-corrected chi connectivity index (χ0v) is 13.0. The average molecular weight is 358 g/mol. The smallest absolute Gasteiger partial charge is 0.280 e. The van der Waals surface area contributed by atoms with E-state index in [0.717, 1.165) is 22.9 Å². The lowest BCUT2D eigenvalue weighted by molar-refractivity contribution is -0.137. The summed E-state index contributed by atoms with van der Waals surface area (Å²) >= 11 is 1.36. The monoisotopic (exact) mass is 358 g/mol. The Bertz CT molecular complexity index is 965. The fraction of sp³-hybridized carbons (Fsp3) is 0.0714. The molecule has 23 heavy (non-hydrogen) atoms. The summed E-state index contributed by atoms with van der Waals surface area (Å²) in [6, 6.07) is 8.39. The van der Waals surface area contributed by atoms with E-state index in [-0.39, 0.29) is 10.6 Å². The van der Waals surface area contributed by atoms with Crippen LogP contribution < -0.4 is 4.72 Å². The Morgan fingerprint density at radius 2 is 1.87 bits per heavy atom. The molecule has 0 aliphatic heterocycles. The van der Waals surface area contributed by atoms with Gasteiger partial charge in [-0.1, -0.05) is 6.07 Å². The number of nitrogens with zero attached hydrogens (tertiary/aromatic N) is 1. The molecule has 120 valence electrons. The first-order chi connectivity index (χ1) is 10.8. The molecule has 1 N–H and O–H groups in total. The number of anilines is 1. The Morgan fingerprint density at radius 3 is 2.61 bits per heavy atom. The first kappa shape index (κ1) is 15.8. The Morgan fingerprint density at radius 1 is 1.09 bits per heavy atom. The molecule has 3 aromatic rings. The van der Waals surface area contributed by atoms with Crippen LogP contribution in [0.2, 0.25) is 0 Å². The molecule has 0 aliphatic rings. The third kappa shape index (κ3) is 3.30. The van der Waals surface area contributed by atoms with Gasteiger partial charge < -0.3 is 0 Å². The van der Waals surface area contributed by atoms with Crippen LogP contribution in [0.4, 0.5) is 18.9 Å². The molecule has 0 aliphatic carbocycles. The Labute approximate surface area is 133 Å². The lowest BCUT2D eigenvalue weighted by Gasteiger charge is -2.11. The van der Waals surface area contributed by atoms with Crippen molar-refractivity contribution < 1.29 is 21.6 Å². The van der Waals surface area contributed by atoms with E-state index in [1.807, 2.05) is 0 Å². The van der Waals surface area contributed by atoms with Gasteiger partial charge in [0.2, 0.25) is 0 Å². The molecular weight excluding hydrogens is 349 g/mol. The number of benzene rings is 2. The lowest BCUT2D eigenvalue weighted by atomic mass is 10.2. The molecule has 4 nitrogen and oxygen atoms in total. The summed E-state index contributed by atoms with van der Waals surface area (Å²) < 4.78 is 65.6. The second-order valence-electron chi connectivity index (χ2n) is 4.67. The number of hydrogen-bond acceptors (Lipinski definition) is 4. The second kappa shape index (κ2) is 5.50. The number of halogens is 3. The van der Waals surface area contributed by atoms with E-state index in [9.17, 15) is 21.6 Å². The van der Waals surface area contributed by atoms with Gasteiger partial charge >= 0.3 is 6.18 Å². The first-order valence-corrected chi connectivity index (χ1v) is 8.65. The molecule has 3 rings (SSSR count). The summed E-state index contributed by atoms with van der Waals surface area (Å²) in [7, 11) is -4.00. The van der Waals surface area contributed by atoms with Crippen molar-refractivity contribution in [2.75, 3.05) is 4.72 Å². The normalized spacial score (nSPS) is 12.5. The third-order valence-electron chi connectivity index (χ3n) is 3.05. The summed E-state index contributed by atoms with van der Waals surface area (Å²) in [5, 5.41) is 0. The molecule has 0 amide bonds. The summed E-state index contributed by atoms with van der Waals surface area (Å²) in [5.41, 5.74) is 1.02. The van der Waals surface area contributed by atoms with Crippen molar-refractivity contribution >= 4 is 37.3 Å². The Hall–Kier alpha value is -2.13. The molecule has 0 bridgehead atoms. The van der Waals surface area contributed by atoms with Gasteiger partial charge in [-0.25, -0.2) is 13.4 Å². The zero-order valence-electron chi connectivity index (χ0n) is 11.3. The van der Waals surface area contributed by atoms with Gasteiger partial charge in [0.25, 0.3) is 10.0 Å². The van der Waals surface area contributed by atoms with Gasteiger partial charge in [0.05, 0.1) is 26.2 Å². The van der Waals surface area contributed by atoms with E-state index in [0.29, 0.717) is 5.52 Å². The number of hydrogen-bond donors (Lipinski definition) is 1. The summed E-state index contributed by atoms with van der Waals surface area (Å²) in [4.78, 5) is 3.96. The number of aromatic nitrogens is 1. The zero-order chi connectivity index (χ0) is 16.7. The standard InChI is InChI=1S/C14H9F3N2O2S2/c15-14(16,17)9-2-1-3-10(6-9)19-23(20,21)11-4-5-13-12(7-11)18-8-22-13/h1-8,19H. The molecular formula is C14H9F3N2O2S2. The van der Waals surface area contributed by atoms with Crippen LogP contribution in [0, 0.1) is 0 Å². The molecule has 1 aromatic heterocycles. The van der Waals surface area contributed by atoms with Gasteiger partial charge in [-0.2, -0.15) is 13.2 Å². The third-order valence-corrected chi connectivity index (χ3v) is 5.24. The van der Waals surface area contributed by atoms with Crippen LogP contribution in [-0.2, 0) is 16.2 Å². The molecule has 9 heteroatoms. The van der Waals surface area contributed by atoms with Gasteiger partial charge in [-0.3, -0.25) is 4.72 Å². The van der Waals surface area contributed by atoms with Crippen molar-refractivity contribution in [1.29, 1.82) is 0 Å². The molecule has 0 unspecified atom stereocenters. The fourth-order valence-corrected chi connectivity index (χ4v) is 3.71. The van der Waals surface area contributed by atoms with E-state index in [1.165, 1.54) is 29.5 Å². The van der Waals surface area contributed by atoms with Crippen molar-refractivity contribution in [3.63, 3.8) is 0 Å². The number of thiazole rings is 1. The van der Waals surface area contributed by atoms with Crippen molar-refractivity contribution in [2.45, 2.75) is 11.1 Å². The molecule has 0 saturated carbocycles. The van der Waals surface area contributed by atoms with Crippen LogP contribution in [0.15, 0.2) is 52.9 Å². The maximum absolute atomic E-state index is 12.7. The van der Waals surface area contributed by atoms with Crippen LogP contribution in [0.25, 0.3) is 10.2 Å². The van der Waals surface area contributed by atoms with Gasteiger partial charge in [-0.05, 0) is 36.4 Å². The van der Waals surface area contributed by atoms with Crippen molar-refractivity contribution in [3.05, 3.63) is 53.5 Å². The SMILES string of the molecule is O=S(=O)(Nc1cccc(C(F)(F)F)c1)c1ccc2scnc2c1. The topological polar surface area (TPSA) is 59.1 Å². The average Bonchev–Trinajstić information content (AvgIpc) is 2.93. The van der Waals surface area contributed by atoms with Crippen LogP contribution in [0.3, 0.4) is 0 Å². The largest absolute Gasteiger partial charge is 0.416 e. The predicted molar refractivity (Wildman–Crippen MR) is 81.9 cm³/mol. The van der Waals surface area contributed by atoms with Crippen LogP contribution in [-0.4, -0.2) is 13.4 Å². The quantitative estimate of drug-likeness (QED) is 0.766. The minimum Gasteiger partial charge on any atom is -0.280 e. The summed E-state index contributed by atoms with van der Waals surface area (Å²) in [5.74, 6) is 0. The minimum absolute atomic E-state index is 0.0617. The van der Waals surface area contributed by atoms with Gasteiger partial charge in [0.15, 0.2) is 0 Å². The van der Waals surface area contributed by atoms with E-state index in [4.69, 9.17) is 0 Å².